The molecule has 0 radical (unpaired) electrons. The molecule has 3 heterocycles. The van der Waals surface area contributed by atoms with E-state index in [1.807, 2.05) is 36.4 Å². The van der Waals surface area contributed by atoms with Gasteiger partial charge in [-0.1, -0.05) is 73.1 Å². The van der Waals surface area contributed by atoms with Crippen molar-refractivity contribution in [3.05, 3.63) is 90.5 Å². The van der Waals surface area contributed by atoms with Crippen molar-refractivity contribution in [3.63, 3.8) is 0 Å². The maximum atomic E-state index is 14.6. The van der Waals surface area contributed by atoms with Gasteiger partial charge in [0.1, 0.15) is 6.04 Å². The van der Waals surface area contributed by atoms with Gasteiger partial charge in [0.05, 0.1) is 33.9 Å². The third-order valence-electron chi connectivity index (χ3n) is 8.70. The first-order valence-electron chi connectivity index (χ1n) is 14.0. The number of carbonyl (C=O) groups excluding carboxylic acids is 3. The monoisotopic (exact) mass is 593 g/mol. The molecule has 1 spiro atoms. The van der Waals surface area contributed by atoms with Crippen LogP contribution in [0, 0.1) is 17.8 Å². The summed E-state index contributed by atoms with van der Waals surface area (Å²) >= 11 is 8.15. The lowest BCUT2D eigenvalue weighted by atomic mass is 9.65. The van der Waals surface area contributed by atoms with Gasteiger partial charge in [0.2, 0.25) is 11.8 Å². The molecule has 0 aromatic heterocycles. The molecular weight excluding hydrogens is 558 g/mol. The fraction of sp³-hybridized carbons (Fsp3) is 0.406. The average Bonchev–Trinajstić information content (AvgIpc) is 3.56. The number of hydrogen-bond donors (Lipinski definition) is 1. The summed E-state index contributed by atoms with van der Waals surface area (Å²) in [6, 6.07) is 16.0. The number of thioether (sulfide) groups is 1. The number of aliphatic hydroxyl groups is 1. The lowest BCUT2D eigenvalue weighted by Crippen LogP contribution is -2.58. The molecule has 5 rings (SSSR count). The Morgan fingerprint density at radius 1 is 1.10 bits per heavy atom. The molecular formula is C32H36ClN3O4S. The minimum absolute atomic E-state index is 0.00643. The number of amides is 3. The molecule has 3 amide bonds. The molecule has 3 fully saturated rings. The van der Waals surface area contributed by atoms with Crippen LogP contribution in [-0.4, -0.2) is 74.9 Å². The Hall–Kier alpha value is -3.07. The average molecular weight is 594 g/mol. The number of benzene rings is 2. The van der Waals surface area contributed by atoms with Gasteiger partial charge < -0.3 is 19.8 Å². The first-order valence-corrected chi connectivity index (χ1v) is 15.2. The molecule has 9 heteroatoms. The molecule has 3 aliphatic rings. The number of likely N-dealkylation sites (tertiary alicyclic amines) is 1. The molecule has 216 valence electrons. The van der Waals surface area contributed by atoms with E-state index in [0.717, 1.165) is 12.0 Å². The highest BCUT2D eigenvalue weighted by Crippen LogP contribution is 2.69. The Balaban J connectivity index is 1.55. The minimum Gasteiger partial charge on any atom is -0.395 e. The van der Waals surface area contributed by atoms with E-state index in [9.17, 15) is 19.5 Å². The SMILES string of the molecule is C=CCN(Cc1ccccc1)C(=O)[C@@H]1[C@H]2C(=O)N(CCO)C(C(=O)N(CC=C)c3ccccc3Cl)C23S[C@@H]1CC3C. The number of β-amino-alcohol motifs (C(OH)–C–C–N with tert-alkyl or cyclic N) is 1. The smallest absolute Gasteiger partial charge is 0.251 e. The van der Waals surface area contributed by atoms with E-state index in [0.29, 0.717) is 23.8 Å². The lowest BCUT2D eigenvalue weighted by molar-refractivity contribution is -0.144. The number of fused-ring (bicyclic) bond motifs is 1. The minimum atomic E-state index is -0.854. The number of hydrogen-bond acceptors (Lipinski definition) is 5. The summed E-state index contributed by atoms with van der Waals surface area (Å²) in [5.74, 6) is -1.85. The van der Waals surface area contributed by atoms with Crippen LogP contribution in [0.15, 0.2) is 79.9 Å². The largest absolute Gasteiger partial charge is 0.395 e. The number of halogens is 1. The van der Waals surface area contributed by atoms with E-state index < -0.39 is 22.6 Å². The highest BCUT2D eigenvalue weighted by atomic mass is 35.5. The summed E-state index contributed by atoms with van der Waals surface area (Å²) < 4.78 is -0.804. The topological polar surface area (TPSA) is 81.2 Å². The molecule has 7 nitrogen and oxygen atoms in total. The fourth-order valence-electron chi connectivity index (χ4n) is 7.09. The van der Waals surface area contributed by atoms with Gasteiger partial charge in [0.15, 0.2) is 0 Å². The van der Waals surface area contributed by atoms with E-state index in [4.69, 9.17) is 11.6 Å². The van der Waals surface area contributed by atoms with Crippen LogP contribution in [0.4, 0.5) is 5.69 Å². The predicted molar refractivity (Wildman–Crippen MR) is 164 cm³/mol. The molecule has 0 aliphatic carbocycles. The normalized spacial score (nSPS) is 27.9. The highest BCUT2D eigenvalue weighted by molar-refractivity contribution is 8.02. The molecule has 6 atom stereocenters. The molecule has 1 N–H and O–H groups in total. The maximum absolute atomic E-state index is 14.6. The lowest BCUT2D eigenvalue weighted by Gasteiger charge is -2.41. The van der Waals surface area contributed by atoms with E-state index in [-0.39, 0.29) is 48.6 Å². The van der Waals surface area contributed by atoms with Crippen molar-refractivity contribution < 1.29 is 19.5 Å². The van der Waals surface area contributed by atoms with Crippen molar-refractivity contribution in [2.75, 3.05) is 31.1 Å². The third-order valence-corrected chi connectivity index (χ3v) is 11.1. The van der Waals surface area contributed by atoms with Crippen LogP contribution >= 0.6 is 23.4 Å². The first kappa shape index (κ1) is 29.4. The van der Waals surface area contributed by atoms with Crippen molar-refractivity contribution in [2.45, 2.75) is 35.9 Å². The highest BCUT2D eigenvalue weighted by Gasteiger charge is 2.76. The van der Waals surface area contributed by atoms with Crippen LogP contribution in [0.2, 0.25) is 5.02 Å². The summed E-state index contributed by atoms with van der Waals surface area (Å²) in [4.78, 5) is 48.0. The van der Waals surface area contributed by atoms with E-state index in [1.54, 1.807) is 51.9 Å². The Morgan fingerprint density at radius 2 is 1.78 bits per heavy atom. The number of nitrogens with zero attached hydrogens (tertiary/aromatic N) is 3. The molecule has 2 aromatic carbocycles. The third kappa shape index (κ3) is 4.90. The van der Waals surface area contributed by atoms with Gasteiger partial charge in [-0.15, -0.1) is 24.9 Å². The molecule has 41 heavy (non-hydrogen) atoms. The zero-order valence-electron chi connectivity index (χ0n) is 23.2. The second-order valence-electron chi connectivity index (χ2n) is 11.0. The van der Waals surface area contributed by atoms with Crippen molar-refractivity contribution in [1.29, 1.82) is 0 Å². The zero-order chi connectivity index (χ0) is 29.3. The number of para-hydroxylation sites is 1. The quantitative estimate of drug-likeness (QED) is 0.391. The van der Waals surface area contributed by atoms with Crippen LogP contribution in [0.3, 0.4) is 0 Å². The van der Waals surface area contributed by atoms with Crippen LogP contribution in [-0.2, 0) is 20.9 Å². The van der Waals surface area contributed by atoms with Gasteiger partial charge in [-0.25, -0.2) is 0 Å². The van der Waals surface area contributed by atoms with Crippen molar-refractivity contribution >= 4 is 46.8 Å². The van der Waals surface area contributed by atoms with Crippen LogP contribution in [0.5, 0.6) is 0 Å². The Kier molecular flexibility index (Phi) is 8.64. The van der Waals surface area contributed by atoms with Crippen LogP contribution in [0.25, 0.3) is 0 Å². The van der Waals surface area contributed by atoms with E-state index in [1.165, 1.54) is 4.90 Å². The van der Waals surface area contributed by atoms with Crippen molar-refractivity contribution in [2.24, 2.45) is 17.8 Å². The maximum Gasteiger partial charge on any atom is 0.251 e. The van der Waals surface area contributed by atoms with Crippen LogP contribution in [0.1, 0.15) is 18.9 Å². The van der Waals surface area contributed by atoms with Crippen molar-refractivity contribution in [3.8, 4) is 0 Å². The summed E-state index contributed by atoms with van der Waals surface area (Å²) in [6.45, 7) is 10.5. The fourth-order valence-corrected chi connectivity index (χ4v) is 9.73. The van der Waals surface area contributed by atoms with Crippen LogP contribution < -0.4 is 4.90 Å². The molecule has 3 aliphatic heterocycles. The first-order chi connectivity index (χ1) is 19.8. The van der Waals surface area contributed by atoms with Crippen molar-refractivity contribution in [1.82, 2.24) is 9.80 Å². The number of aliphatic hydroxyl groups excluding tert-OH is 1. The molecule has 3 unspecified atom stereocenters. The van der Waals surface area contributed by atoms with E-state index in [2.05, 4.69) is 20.1 Å². The predicted octanol–water partition coefficient (Wildman–Crippen LogP) is 4.40. The van der Waals surface area contributed by atoms with Gasteiger partial charge in [-0.3, -0.25) is 14.4 Å². The summed E-state index contributed by atoms with van der Waals surface area (Å²) in [5, 5.41) is 10.3. The Labute approximate surface area is 250 Å². The summed E-state index contributed by atoms with van der Waals surface area (Å²) in [5.41, 5.74) is 1.53. The number of rotatable bonds is 11. The van der Waals surface area contributed by atoms with Gasteiger partial charge in [-0.05, 0) is 30.0 Å². The molecule has 0 saturated carbocycles. The van der Waals surface area contributed by atoms with Gasteiger partial charge >= 0.3 is 0 Å². The summed E-state index contributed by atoms with van der Waals surface area (Å²) in [6.07, 6.45) is 4.06. The molecule has 2 aromatic rings. The standard InChI is InChI=1S/C32H36ClN3O4S/c1-4-15-34(20-22-11-7-6-8-12-22)29(38)26-25-19-21(3)32(41-25)27(26)30(39)36(17-18-37)28(32)31(40)35(16-5-2)24-14-10-9-13-23(24)33/h4-14,21,25-28,37H,1-2,15-20H2,3H3/t21?,25-,26+,27+,28?,32?/m1/s1. The summed E-state index contributed by atoms with van der Waals surface area (Å²) in [7, 11) is 0. The van der Waals surface area contributed by atoms with E-state index >= 15 is 0 Å². The Bertz CT molecular complexity index is 1340. The molecule has 3 saturated heterocycles. The van der Waals surface area contributed by atoms with Gasteiger partial charge in [-0.2, -0.15) is 0 Å². The second kappa shape index (κ2) is 12.0. The zero-order valence-corrected chi connectivity index (χ0v) is 24.8. The Morgan fingerprint density at radius 3 is 2.44 bits per heavy atom. The number of anilines is 1. The van der Waals surface area contributed by atoms with Gasteiger partial charge in [0.25, 0.3) is 5.91 Å². The second-order valence-corrected chi connectivity index (χ2v) is 12.9. The van der Waals surface area contributed by atoms with Gasteiger partial charge in [0, 0.05) is 31.4 Å². The number of carbonyl (C=O) groups is 3. The molecule has 2 bridgehead atoms.